The number of benzene rings is 1. The molecule has 1 aromatic carbocycles. The van der Waals surface area contributed by atoms with Crippen molar-refractivity contribution in [3.05, 3.63) is 47.0 Å². The summed E-state index contributed by atoms with van der Waals surface area (Å²) >= 11 is 0. The summed E-state index contributed by atoms with van der Waals surface area (Å²) in [6.45, 7) is 6.51. The summed E-state index contributed by atoms with van der Waals surface area (Å²) in [7, 11) is 0. The average Bonchev–Trinajstić information content (AvgIpc) is 3.59. The number of Topliss-reactive ketones (excluding diaryl/α,β-unsaturated/α-hetero) is 1. The van der Waals surface area contributed by atoms with Crippen LogP contribution in [0.4, 0.5) is 0 Å². The highest BCUT2D eigenvalue weighted by atomic mass is 16.6. The molecule has 2 fully saturated rings. The van der Waals surface area contributed by atoms with E-state index in [2.05, 4.69) is 15.1 Å². The van der Waals surface area contributed by atoms with Gasteiger partial charge in [-0.25, -0.2) is 9.50 Å². The molecule has 2 unspecified atom stereocenters. The number of carbonyl (C=O) groups excluding carboxylic acids is 2. The number of phenolic OH excluding ortho intramolecular Hbond substituents is 1. The number of hydrogen-bond acceptors (Lipinski definition) is 8. The molecular formula is C30H38N4O5. The van der Waals surface area contributed by atoms with Gasteiger partial charge in [0.05, 0.1) is 6.61 Å². The van der Waals surface area contributed by atoms with Gasteiger partial charge in [-0.3, -0.25) is 9.59 Å². The van der Waals surface area contributed by atoms with Gasteiger partial charge in [-0.2, -0.15) is 4.98 Å². The molecule has 1 aliphatic heterocycles. The normalized spacial score (nSPS) is 22.0. The summed E-state index contributed by atoms with van der Waals surface area (Å²) in [6.07, 6.45) is 10.5. The molecule has 5 rings (SSSR count). The summed E-state index contributed by atoms with van der Waals surface area (Å²) in [4.78, 5) is 35.7. The van der Waals surface area contributed by atoms with E-state index in [4.69, 9.17) is 9.47 Å². The number of phenols is 1. The minimum Gasteiger partial charge on any atom is -0.508 e. The quantitative estimate of drug-likeness (QED) is 0.293. The van der Waals surface area contributed by atoms with Crippen molar-refractivity contribution >= 4 is 17.5 Å². The second-order valence-electron chi connectivity index (χ2n) is 11.1. The molecule has 0 spiro atoms. The van der Waals surface area contributed by atoms with Crippen molar-refractivity contribution in [2.24, 2.45) is 11.8 Å². The zero-order valence-corrected chi connectivity index (χ0v) is 23.1. The molecular weight excluding hydrogens is 496 g/mol. The first-order valence-electron chi connectivity index (χ1n) is 14.2. The first kappa shape index (κ1) is 27.1. The van der Waals surface area contributed by atoms with Gasteiger partial charge in [-0.15, -0.1) is 5.10 Å². The summed E-state index contributed by atoms with van der Waals surface area (Å²) in [5.74, 6) is 0.371. The zero-order chi connectivity index (χ0) is 27.6. The van der Waals surface area contributed by atoms with Crippen molar-refractivity contribution in [2.75, 3.05) is 6.61 Å². The highest BCUT2D eigenvalue weighted by Gasteiger charge is 2.51. The van der Waals surface area contributed by atoms with E-state index in [0.29, 0.717) is 43.2 Å². The van der Waals surface area contributed by atoms with Crippen molar-refractivity contribution in [1.82, 2.24) is 19.6 Å². The van der Waals surface area contributed by atoms with Gasteiger partial charge in [0.1, 0.15) is 23.0 Å². The molecule has 208 valence electrons. The van der Waals surface area contributed by atoms with Gasteiger partial charge in [-0.1, -0.05) is 26.7 Å². The van der Waals surface area contributed by atoms with Crippen molar-refractivity contribution < 1.29 is 24.2 Å². The zero-order valence-electron chi connectivity index (χ0n) is 23.1. The topological polar surface area (TPSA) is 116 Å². The Morgan fingerprint density at radius 1 is 1.18 bits per heavy atom. The highest BCUT2D eigenvalue weighted by Crippen LogP contribution is 2.45. The molecule has 1 saturated carbocycles. The van der Waals surface area contributed by atoms with Crippen LogP contribution >= 0.6 is 0 Å². The van der Waals surface area contributed by atoms with Crippen LogP contribution in [0, 0.1) is 18.8 Å². The largest absolute Gasteiger partial charge is 0.508 e. The number of hydrogen-bond donors (Lipinski definition) is 1. The van der Waals surface area contributed by atoms with Crippen LogP contribution in [0.25, 0.3) is 5.78 Å². The van der Waals surface area contributed by atoms with Gasteiger partial charge in [0.2, 0.25) is 0 Å². The van der Waals surface area contributed by atoms with Gasteiger partial charge in [0.25, 0.3) is 5.78 Å². The molecule has 2 aromatic heterocycles. The molecule has 0 bridgehead atoms. The number of ether oxygens (including phenoxy) is 2. The minimum atomic E-state index is -0.915. The summed E-state index contributed by atoms with van der Waals surface area (Å²) in [6, 6.07) is 3.68. The predicted octanol–water partition coefficient (Wildman–Crippen LogP) is 4.73. The number of cyclic esters (lactones) is 1. The summed E-state index contributed by atoms with van der Waals surface area (Å²) < 4.78 is 13.8. The predicted molar refractivity (Wildman–Crippen MR) is 145 cm³/mol. The molecule has 1 aliphatic carbocycles. The lowest BCUT2D eigenvalue weighted by atomic mass is 9.73. The van der Waals surface area contributed by atoms with Gasteiger partial charge in [0, 0.05) is 31.3 Å². The van der Waals surface area contributed by atoms with E-state index < -0.39 is 17.5 Å². The lowest BCUT2D eigenvalue weighted by Crippen LogP contribution is -2.52. The van der Waals surface area contributed by atoms with Crippen molar-refractivity contribution in [1.29, 1.82) is 0 Å². The third-order valence-corrected chi connectivity index (χ3v) is 8.22. The maximum atomic E-state index is 13.6. The molecule has 1 saturated heterocycles. The molecule has 39 heavy (non-hydrogen) atoms. The maximum absolute atomic E-state index is 13.6. The number of aryl methyl sites for hydroxylation is 3. The third-order valence-electron chi connectivity index (χ3n) is 8.22. The van der Waals surface area contributed by atoms with E-state index in [0.717, 1.165) is 48.8 Å². The standard InChI is InChI=1S/C30H38N4O5/c1-4-12-38-26-15-24(35)20(5-2)13-21(26)10-11-30(22-8-6-7-9-22)16-25(36)23(28(37)39-30)14-27-32-29-31-17-19(3)18-34(29)33-27/h13,15,17-18,22-23,35H,4-12,14,16H2,1-3H3. The molecule has 9 heteroatoms. The molecule has 9 nitrogen and oxygen atoms in total. The van der Waals surface area contributed by atoms with Gasteiger partial charge < -0.3 is 14.6 Å². The second-order valence-corrected chi connectivity index (χ2v) is 11.1. The fraction of sp³-hybridized carbons (Fsp3) is 0.567. The van der Waals surface area contributed by atoms with Gasteiger partial charge in [-0.05, 0) is 74.1 Å². The molecule has 1 N–H and O–H groups in total. The minimum absolute atomic E-state index is 0.105. The molecule has 0 amide bonds. The Balaban J connectivity index is 1.37. The molecule has 3 aromatic rings. The number of aromatic nitrogens is 4. The van der Waals surface area contributed by atoms with E-state index in [-0.39, 0.29) is 30.3 Å². The van der Waals surface area contributed by atoms with Crippen LogP contribution in [0.1, 0.15) is 81.3 Å². The molecule has 0 radical (unpaired) electrons. The first-order chi connectivity index (χ1) is 18.8. The molecule has 3 heterocycles. The van der Waals surface area contributed by atoms with Crippen molar-refractivity contribution in [2.45, 2.75) is 90.6 Å². The van der Waals surface area contributed by atoms with Crippen LogP contribution in [0.15, 0.2) is 24.5 Å². The fourth-order valence-electron chi connectivity index (χ4n) is 6.10. The Hall–Kier alpha value is -3.49. The van der Waals surface area contributed by atoms with Crippen LogP contribution < -0.4 is 4.74 Å². The Kier molecular flexibility index (Phi) is 7.86. The average molecular weight is 535 g/mol. The Morgan fingerprint density at radius 3 is 2.69 bits per heavy atom. The number of esters is 1. The van der Waals surface area contributed by atoms with Crippen LogP contribution in [0.2, 0.25) is 0 Å². The van der Waals surface area contributed by atoms with Crippen LogP contribution in [-0.4, -0.2) is 48.6 Å². The lowest BCUT2D eigenvalue weighted by molar-refractivity contribution is -0.185. The summed E-state index contributed by atoms with van der Waals surface area (Å²) in [5.41, 5.74) is 1.93. The first-order valence-corrected chi connectivity index (χ1v) is 14.2. The number of ketones is 1. The van der Waals surface area contributed by atoms with Gasteiger partial charge >= 0.3 is 5.97 Å². The van der Waals surface area contributed by atoms with E-state index in [9.17, 15) is 14.7 Å². The monoisotopic (exact) mass is 534 g/mol. The van der Waals surface area contributed by atoms with Crippen molar-refractivity contribution in [3.8, 4) is 11.5 Å². The lowest BCUT2D eigenvalue weighted by Gasteiger charge is -2.43. The number of nitrogens with zero attached hydrogens (tertiary/aromatic N) is 4. The number of rotatable bonds is 10. The van der Waals surface area contributed by atoms with E-state index in [1.807, 2.05) is 33.0 Å². The second kappa shape index (κ2) is 11.3. The smallest absolute Gasteiger partial charge is 0.317 e. The highest BCUT2D eigenvalue weighted by molar-refractivity contribution is 6.01. The Labute approximate surface area is 229 Å². The Morgan fingerprint density at radius 2 is 1.97 bits per heavy atom. The SMILES string of the molecule is CCCOc1cc(O)c(CC)cc1CCC1(C2CCCC2)CC(=O)C(Cc2nc3ncc(C)cn3n2)C(=O)O1. The number of carbonyl (C=O) groups is 2. The third kappa shape index (κ3) is 5.63. The van der Waals surface area contributed by atoms with Crippen LogP contribution in [-0.2, 0) is 33.6 Å². The van der Waals surface area contributed by atoms with E-state index in [1.54, 1.807) is 16.8 Å². The summed E-state index contributed by atoms with van der Waals surface area (Å²) in [5, 5.41) is 14.9. The molecule has 2 atom stereocenters. The molecule has 2 aliphatic rings. The number of fused-ring (bicyclic) bond motifs is 1. The van der Waals surface area contributed by atoms with Crippen LogP contribution in [0.5, 0.6) is 11.5 Å². The van der Waals surface area contributed by atoms with Crippen molar-refractivity contribution in [3.63, 3.8) is 0 Å². The maximum Gasteiger partial charge on any atom is 0.317 e. The van der Waals surface area contributed by atoms with E-state index in [1.165, 1.54) is 0 Å². The number of aromatic hydroxyl groups is 1. The van der Waals surface area contributed by atoms with Gasteiger partial charge in [0.15, 0.2) is 11.6 Å². The Bertz CT molecular complexity index is 1340. The fourth-order valence-corrected chi connectivity index (χ4v) is 6.10. The van der Waals surface area contributed by atoms with E-state index >= 15 is 0 Å². The van der Waals surface area contributed by atoms with Crippen LogP contribution in [0.3, 0.4) is 0 Å².